The minimum atomic E-state index is -0.0502. The fraction of sp³-hybridized carbons (Fsp3) is 0.250. The molecule has 1 aliphatic rings. The van der Waals surface area contributed by atoms with Gasteiger partial charge < -0.3 is 10.2 Å². The maximum absolute atomic E-state index is 12.3. The third kappa shape index (κ3) is 2.79. The highest BCUT2D eigenvalue weighted by Crippen LogP contribution is 2.16. The van der Waals surface area contributed by atoms with E-state index >= 15 is 0 Å². The normalized spacial score (nSPS) is 14.3. The number of carbonyl (C=O) groups excluding carboxylic acids is 1. The lowest BCUT2D eigenvalue weighted by molar-refractivity contribution is 0.214. The largest absolute Gasteiger partial charge is 0.324 e. The van der Waals surface area contributed by atoms with Gasteiger partial charge >= 0.3 is 6.03 Å². The zero-order valence-electron chi connectivity index (χ0n) is 11.2. The van der Waals surface area contributed by atoms with E-state index in [0.717, 1.165) is 31.6 Å². The molecule has 1 aliphatic heterocycles. The van der Waals surface area contributed by atoms with Crippen LogP contribution in [0.2, 0.25) is 0 Å². The maximum Gasteiger partial charge on any atom is 0.321 e. The van der Waals surface area contributed by atoms with Crippen LogP contribution >= 0.6 is 0 Å². The van der Waals surface area contributed by atoms with Gasteiger partial charge in [-0.3, -0.25) is 4.98 Å². The van der Waals surface area contributed by atoms with E-state index in [1.165, 1.54) is 11.1 Å². The monoisotopic (exact) mass is 267 g/mol. The predicted molar refractivity (Wildman–Crippen MR) is 78.7 cm³/mol. The van der Waals surface area contributed by atoms with E-state index in [4.69, 9.17) is 0 Å². The molecule has 4 nitrogen and oxygen atoms in total. The summed E-state index contributed by atoms with van der Waals surface area (Å²) in [5.74, 6) is 0. The Morgan fingerprint density at radius 3 is 2.35 bits per heavy atom. The highest BCUT2D eigenvalue weighted by molar-refractivity contribution is 5.89. The topological polar surface area (TPSA) is 45.2 Å². The zero-order chi connectivity index (χ0) is 13.8. The van der Waals surface area contributed by atoms with Gasteiger partial charge in [0.05, 0.1) is 11.9 Å². The first-order valence-corrected chi connectivity index (χ1v) is 6.86. The van der Waals surface area contributed by atoms with E-state index in [9.17, 15) is 4.79 Å². The van der Waals surface area contributed by atoms with E-state index in [0.29, 0.717) is 0 Å². The fourth-order valence-electron chi connectivity index (χ4n) is 2.51. The van der Waals surface area contributed by atoms with E-state index in [1.807, 2.05) is 17.0 Å². The molecule has 102 valence electrons. The summed E-state index contributed by atoms with van der Waals surface area (Å²) in [5.41, 5.74) is 3.44. The fourth-order valence-corrected chi connectivity index (χ4v) is 2.51. The molecule has 0 saturated carbocycles. The van der Waals surface area contributed by atoms with Gasteiger partial charge in [0.25, 0.3) is 0 Å². The number of nitrogens with zero attached hydrogens (tertiary/aromatic N) is 2. The lowest BCUT2D eigenvalue weighted by Crippen LogP contribution is -2.36. The highest BCUT2D eigenvalue weighted by atomic mass is 16.2. The Morgan fingerprint density at radius 1 is 1.05 bits per heavy atom. The molecule has 0 fully saturated rings. The molecule has 0 radical (unpaired) electrons. The van der Waals surface area contributed by atoms with Gasteiger partial charge in [-0.25, -0.2) is 4.79 Å². The Labute approximate surface area is 118 Å². The summed E-state index contributed by atoms with van der Waals surface area (Å²) in [5, 5.41) is 2.89. The number of urea groups is 1. The predicted octanol–water partition coefficient (Wildman–Crippen LogP) is 2.71. The van der Waals surface area contributed by atoms with E-state index in [1.54, 1.807) is 12.4 Å². The van der Waals surface area contributed by atoms with Crippen molar-refractivity contribution in [2.75, 3.05) is 18.4 Å². The van der Waals surface area contributed by atoms with Crippen molar-refractivity contribution in [2.45, 2.75) is 12.8 Å². The van der Waals surface area contributed by atoms with Crippen molar-refractivity contribution in [3.05, 3.63) is 59.9 Å². The molecule has 0 saturated heterocycles. The Morgan fingerprint density at radius 2 is 1.75 bits per heavy atom. The van der Waals surface area contributed by atoms with Crippen LogP contribution in [0.3, 0.4) is 0 Å². The van der Waals surface area contributed by atoms with Crippen molar-refractivity contribution in [3.63, 3.8) is 0 Å². The van der Waals surface area contributed by atoms with Gasteiger partial charge in [0.2, 0.25) is 0 Å². The second-order valence-corrected chi connectivity index (χ2v) is 4.93. The van der Waals surface area contributed by atoms with Gasteiger partial charge in [0.1, 0.15) is 0 Å². The SMILES string of the molecule is O=C(Nc1cccnc1)N1CCc2ccccc2CC1. The molecule has 2 heterocycles. The first-order chi connectivity index (χ1) is 9.83. The second kappa shape index (κ2) is 5.74. The number of aromatic nitrogens is 1. The van der Waals surface area contributed by atoms with Crippen LogP contribution < -0.4 is 5.32 Å². The lowest BCUT2D eigenvalue weighted by atomic mass is 10.0. The molecule has 1 aromatic carbocycles. The number of amides is 2. The van der Waals surface area contributed by atoms with Crippen molar-refractivity contribution in [1.29, 1.82) is 0 Å². The second-order valence-electron chi connectivity index (χ2n) is 4.93. The molecule has 2 aromatic rings. The first-order valence-electron chi connectivity index (χ1n) is 6.86. The number of carbonyl (C=O) groups is 1. The van der Waals surface area contributed by atoms with Crippen LogP contribution in [-0.2, 0) is 12.8 Å². The Bertz CT molecular complexity index is 571. The molecule has 0 aliphatic carbocycles. The Kier molecular flexibility index (Phi) is 3.63. The van der Waals surface area contributed by atoms with Crippen LogP contribution in [0, 0.1) is 0 Å². The minimum absolute atomic E-state index is 0.0502. The van der Waals surface area contributed by atoms with Gasteiger partial charge in [0.15, 0.2) is 0 Å². The summed E-state index contributed by atoms with van der Waals surface area (Å²) in [6.45, 7) is 1.51. The number of hydrogen-bond donors (Lipinski definition) is 1. The summed E-state index contributed by atoms with van der Waals surface area (Å²) < 4.78 is 0. The molecule has 0 atom stereocenters. The quantitative estimate of drug-likeness (QED) is 0.863. The van der Waals surface area contributed by atoms with Crippen molar-refractivity contribution < 1.29 is 4.79 Å². The smallest absolute Gasteiger partial charge is 0.321 e. The van der Waals surface area contributed by atoms with Crippen LogP contribution in [0.15, 0.2) is 48.8 Å². The van der Waals surface area contributed by atoms with Gasteiger partial charge in [0, 0.05) is 19.3 Å². The molecule has 0 spiro atoms. The van der Waals surface area contributed by atoms with Crippen molar-refractivity contribution in [1.82, 2.24) is 9.88 Å². The number of fused-ring (bicyclic) bond motifs is 1. The average Bonchev–Trinajstić information content (AvgIpc) is 2.71. The van der Waals surface area contributed by atoms with E-state index in [-0.39, 0.29) is 6.03 Å². The number of nitrogens with one attached hydrogen (secondary N) is 1. The number of benzene rings is 1. The molecule has 2 amide bonds. The molecule has 3 rings (SSSR count). The van der Waals surface area contributed by atoms with Gasteiger partial charge in [-0.05, 0) is 36.1 Å². The van der Waals surface area contributed by atoms with Gasteiger partial charge in [-0.1, -0.05) is 24.3 Å². The summed E-state index contributed by atoms with van der Waals surface area (Å²) in [7, 11) is 0. The summed E-state index contributed by atoms with van der Waals surface area (Å²) in [6, 6.07) is 12.0. The molecule has 1 aromatic heterocycles. The maximum atomic E-state index is 12.3. The Hall–Kier alpha value is -2.36. The van der Waals surface area contributed by atoms with Crippen LogP contribution in [-0.4, -0.2) is 29.0 Å². The van der Waals surface area contributed by atoms with Crippen LogP contribution in [0.5, 0.6) is 0 Å². The molecule has 0 bridgehead atoms. The zero-order valence-corrected chi connectivity index (χ0v) is 11.2. The third-order valence-electron chi connectivity index (χ3n) is 3.62. The number of hydrogen-bond acceptors (Lipinski definition) is 2. The molecule has 1 N–H and O–H groups in total. The van der Waals surface area contributed by atoms with Crippen molar-refractivity contribution >= 4 is 11.7 Å². The van der Waals surface area contributed by atoms with Gasteiger partial charge in [-0.15, -0.1) is 0 Å². The standard InChI is InChI=1S/C16H17N3O/c20-16(18-15-6-3-9-17-12-15)19-10-7-13-4-1-2-5-14(13)8-11-19/h1-6,9,12H,7-8,10-11H2,(H,18,20). The number of anilines is 1. The van der Waals surface area contributed by atoms with Crippen molar-refractivity contribution in [3.8, 4) is 0 Å². The van der Waals surface area contributed by atoms with Crippen LogP contribution in [0.1, 0.15) is 11.1 Å². The van der Waals surface area contributed by atoms with Crippen LogP contribution in [0.25, 0.3) is 0 Å². The molecule has 4 heteroatoms. The van der Waals surface area contributed by atoms with E-state index < -0.39 is 0 Å². The lowest BCUT2D eigenvalue weighted by Gasteiger charge is -2.20. The first kappa shape index (κ1) is 12.7. The number of pyridine rings is 1. The molecule has 0 unspecified atom stereocenters. The molecule has 20 heavy (non-hydrogen) atoms. The average molecular weight is 267 g/mol. The summed E-state index contributed by atoms with van der Waals surface area (Å²) >= 11 is 0. The molecular formula is C16H17N3O. The number of rotatable bonds is 1. The van der Waals surface area contributed by atoms with Crippen molar-refractivity contribution in [2.24, 2.45) is 0 Å². The van der Waals surface area contributed by atoms with Gasteiger partial charge in [-0.2, -0.15) is 0 Å². The highest BCUT2D eigenvalue weighted by Gasteiger charge is 2.18. The summed E-state index contributed by atoms with van der Waals surface area (Å²) in [4.78, 5) is 18.1. The third-order valence-corrected chi connectivity index (χ3v) is 3.62. The minimum Gasteiger partial charge on any atom is -0.324 e. The van der Waals surface area contributed by atoms with E-state index in [2.05, 4.69) is 34.6 Å². The molecular weight excluding hydrogens is 250 g/mol. The van der Waals surface area contributed by atoms with Crippen LogP contribution in [0.4, 0.5) is 10.5 Å². The summed E-state index contributed by atoms with van der Waals surface area (Å²) in [6.07, 6.45) is 5.18. The Balaban J connectivity index is 1.66.